The van der Waals surface area contributed by atoms with Crippen molar-refractivity contribution in [2.75, 3.05) is 0 Å². The molecular formula is C17H12F2N2O2. The molecule has 0 radical (unpaired) electrons. The molecule has 0 atom stereocenters. The van der Waals surface area contributed by atoms with E-state index in [2.05, 4.69) is 10.5 Å². The van der Waals surface area contributed by atoms with Crippen molar-refractivity contribution in [3.05, 3.63) is 77.5 Å². The van der Waals surface area contributed by atoms with Gasteiger partial charge in [0, 0.05) is 17.2 Å². The summed E-state index contributed by atoms with van der Waals surface area (Å²) in [6.45, 7) is 0.139. The quantitative estimate of drug-likeness (QED) is 0.801. The monoisotopic (exact) mass is 314 g/mol. The predicted molar refractivity (Wildman–Crippen MR) is 79.5 cm³/mol. The van der Waals surface area contributed by atoms with Crippen LogP contribution >= 0.6 is 0 Å². The van der Waals surface area contributed by atoms with Gasteiger partial charge in [0.05, 0.1) is 6.54 Å². The summed E-state index contributed by atoms with van der Waals surface area (Å²) in [5.41, 5.74) is 1.42. The molecule has 0 aliphatic rings. The molecule has 0 fully saturated rings. The zero-order chi connectivity index (χ0) is 16.2. The minimum Gasteiger partial charge on any atom is -0.356 e. The van der Waals surface area contributed by atoms with Crippen molar-refractivity contribution >= 4 is 5.91 Å². The molecule has 1 amide bonds. The molecule has 0 aliphatic carbocycles. The maximum absolute atomic E-state index is 13.1. The molecule has 1 aromatic heterocycles. The highest BCUT2D eigenvalue weighted by atomic mass is 19.1. The molecule has 0 bridgehead atoms. The van der Waals surface area contributed by atoms with Crippen LogP contribution in [-0.4, -0.2) is 11.1 Å². The third-order valence-corrected chi connectivity index (χ3v) is 3.20. The standard InChI is InChI=1S/C17H12F2N2O2/c18-13-6-4-11(5-7-13)16-9-15(21-23-16)10-20-17(22)12-2-1-3-14(19)8-12/h1-9H,10H2,(H,20,22). The molecule has 0 unspecified atom stereocenters. The fraction of sp³-hybridized carbons (Fsp3) is 0.0588. The highest BCUT2D eigenvalue weighted by Crippen LogP contribution is 2.20. The van der Waals surface area contributed by atoms with Crippen LogP contribution in [0.4, 0.5) is 8.78 Å². The summed E-state index contributed by atoms with van der Waals surface area (Å²) in [6.07, 6.45) is 0. The van der Waals surface area contributed by atoms with Gasteiger partial charge in [-0.25, -0.2) is 8.78 Å². The minimum atomic E-state index is -0.474. The molecule has 0 saturated carbocycles. The topological polar surface area (TPSA) is 55.1 Å². The van der Waals surface area contributed by atoms with Crippen molar-refractivity contribution in [1.29, 1.82) is 0 Å². The Balaban J connectivity index is 1.65. The Labute approximate surface area is 130 Å². The molecule has 4 nitrogen and oxygen atoms in total. The number of halogens is 2. The lowest BCUT2D eigenvalue weighted by atomic mass is 10.1. The molecule has 116 valence electrons. The second-order valence-electron chi connectivity index (χ2n) is 4.88. The summed E-state index contributed by atoms with van der Waals surface area (Å²) in [7, 11) is 0. The summed E-state index contributed by atoms with van der Waals surface area (Å²) in [5, 5.41) is 6.47. The lowest BCUT2D eigenvalue weighted by molar-refractivity contribution is 0.0949. The van der Waals surface area contributed by atoms with E-state index in [-0.39, 0.29) is 17.9 Å². The van der Waals surface area contributed by atoms with Crippen LogP contribution in [-0.2, 0) is 6.54 Å². The number of nitrogens with zero attached hydrogens (tertiary/aromatic N) is 1. The lowest BCUT2D eigenvalue weighted by Crippen LogP contribution is -2.22. The Kier molecular flexibility index (Phi) is 4.14. The highest BCUT2D eigenvalue weighted by molar-refractivity contribution is 5.94. The van der Waals surface area contributed by atoms with Gasteiger partial charge in [0.1, 0.15) is 17.3 Å². The zero-order valence-corrected chi connectivity index (χ0v) is 11.9. The number of hydrogen-bond donors (Lipinski definition) is 1. The first-order valence-corrected chi connectivity index (χ1v) is 6.87. The van der Waals surface area contributed by atoms with E-state index in [1.807, 2.05) is 0 Å². The Morgan fingerprint density at radius 2 is 1.83 bits per heavy atom. The summed E-state index contributed by atoms with van der Waals surface area (Å²) in [4.78, 5) is 11.9. The van der Waals surface area contributed by atoms with Gasteiger partial charge in [0.25, 0.3) is 5.91 Å². The molecule has 3 rings (SSSR count). The Morgan fingerprint density at radius 3 is 2.57 bits per heavy atom. The van der Waals surface area contributed by atoms with Crippen LogP contribution in [0.1, 0.15) is 16.1 Å². The van der Waals surface area contributed by atoms with Crippen LogP contribution in [0.15, 0.2) is 59.1 Å². The van der Waals surface area contributed by atoms with Crippen LogP contribution in [0, 0.1) is 11.6 Å². The number of nitrogens with one attached hydrogen (secondary N) is 1. The van der Waals surface area contributed by atoms with Crippen LogP contribution in [0.3, 0.4) is 0 Å². The lowest BCUT2D eigenvalue weighted by Gasteiger charge is -2.02. The average Bonchev–Trinajstić information content (AvgIpc) is 3.02. The number of carbonyl (C=O) groups excluding carboxylic acids is 1. The Bertz CT molecular complexity index is 829. The Hall–Kier alpha value is -3.02. The first kappa shape index (κ1) is 14.9. The Morgan fingerprint density at radius 1 is 1.04 bits per heavy atom. The summed E-state index contributed by atoms with van der Waals surface area (Å²) < 4.78 is 31.1. The number of aromatic nitrogens is 1. The second kappa shape index (κ2) is 6.39. The van der Waals surface area contributed by atoms with Crippen LogP contribution < -0.4 is 5.32 Å². The maximum atomic E-state index is 13.1. The average molecular weight is 314 g/mol. The molecule has 0 saturated heterocycles. The molecule has 0 aliphatic heterocycles. The third-order valence-electron chi connectivity index (χ3n) is 3.20. The molecule has 1 heterocycles. The van der Waals surface area contributed by atoms with E-state index in [0.717, 1.165) is 6.07 Å². The van der Waals surface area contributed by atoms with Gasteiger partial charge >= 0.3 is 0 Å². The summed E-state index contributed by atoms with van der Waals surface area (Å²) in [6, 6.07) is 12.9. The largest absolute Gasteiger partial charge is 0.356 e. The van der Waals surface area contributed by atoms with Gasteiger partial charge in [0.15, 0.2) is 5.76 Å². The number of carbonyl (C=O) groups is 1. The van der Waals surface area contributed by atoms with Gasteiger partial charge in [-0.05, 0) is 42.5 Å². The highest BCUT2D eigenvalue weighted by Gasteiger charge is 2.10. The van der Waals surface area contributed by atoms with Gasteiger partial charge < -0.3 is 9.84 Å². The van der Waals surface area contributed by atoms with Crippen molar-refractivity contribution in [1.82, 2.24) is 10.5 Å². The first-order chi connectivity index (χ1) is 11.1. The van der Waals surface area contributed by atoms with Crippen LogP contribution in [0.5, 0.6) is 0 Å². The van der Waals surface area contributed by atoms with Gasteiger partial charge in [-0.15, -0.1) is 0 Å². The summed E-state index contributed by atoms with van der Waals surface area (Å²) >= 11 is 0. The second-order valence-corrected chi connectivity index (χ2v) is 4.88. The van der Waals surface area contributed by atoms with Crippen molar-refractivity contribution in [2.24, 2.45) is 0 Å². The van der Waals surface area contributed by atoms with E-state index in [9.17, 15) is 13.6 Å². The van der Waals surface area contributed by atoms with Crippen LogP contribution in [0.2, 0.25) is 0 Å². The van der Waals surface area contributed by atoms with Crippen molar-refractivity contribution in [2.45, 2.75) is 6.54 Å². The van der Waals surface area contributed by atoms with Gasteiger partial charge in [-0.1, -0.05) is 11.2 Å². The third kappa shape index (κ3) is 3.60. The molecular weight excluding hydrogens is 302 g/mol. The van der Waals surface area contributed by atoms with Crippen molar-refractivity contribution in [3.63, 3.8) is 0 Å². The number of rotatable bonds is 4. The molecule has 6 heteroatoms. The van der Waals surface area contributed by atoms with E-state index in [1.54, 1.807) is 18.2 Å². The SMILES string of the molecule is O=C(NCc1cc(-c2ccc(F)cc2)on1)c1cccc(F)c1. The van der Waals surface area contributed by atoms with Crippen molar-refractivity contribution in [3.8, 4) is 11.3 Å². The fourth-order valence-corrected chi connectivity index (χ4v) is 2.05. The van der Waals surface area contributed by atoms with Gasteiger partial charge in [-0.2, -0.15) is 0 Å². The van der Waals surface area contributed by atoms with Gasteiger partial charge in [0.2, 0.25) is 0 Å². The van der Waals surface area contributed by atoms with E-state index in [1.165, 1.54) is 30.3 Å². The molecule has 2 aromatic carbocycles. The van der Waals surface area contributed by atoms with E-state index < -0.39 is 11.7 Å². The number of hydrogen-bond acceptors (Lipinski definition) is 3. The van der Waals surface area contributed by atoms with Crippen molar-refractivity contribution < 1.29 is 18.1 Å². The van der Waals surface area contributed by atoms with Gasteiger partial charge in [-0.3, -0.25) is 4.79 Å². The van der Waals surface area contributed by atoms with E-state index in [0.29, 0.717) is 17.0 Å². The molecule has 0 spiro atoms. The van der Waals surface area contributed by atoms with Crippen LogP contribution in [0.25, 0.3) is 11.3 Å². The predicted octanol–water partition coefficient (Wildman–Crippen LogP) is 3.55. The first-order valence-electron chi connectivity index (χ1n) is 6.87. The molecule has 1 N–H and O–H groups in total. The minimum absolute atomic E-state index is 0.139. The number of amides is 1. The number of benzene rings is 2. The van der Waals surface area contributed by atoms with E-state index >= 15 is 0 Å². The molecule has 23 heavy (non-hydrogen) atoms. The summed E-state index contributed by atoms with van der Waals surface area (Å²) in [5.74, 6) is -0.746. The maximum Gasteiger partial charge on any atom is 0.251 e. The smallest absolute Gasteiger partial charge is 0.251 e. The zero-order valence-electron chi connectivity index (χ0n) is 11.9. The normalized spacial score (nSPS) is 10.5. The molecule has 3 aromatic rings. The van der Waals surface area contributed by atoms with E-state index in [4.69, 9.17) is 4.52 Å². The fourth-order valence-electron chi connectivity index (χ4n) is 2.05.